The van der Waals surface area contributed by atoms with E-state index in [1.807, 2.05) is 63.2 Å². The number of anilines is 1. The number of hydrogen-bond acceptors (Lipinski definition) is 6. The molecule has 262 valence electrons. The van der Waals surface area contributed by atoms with Crippen molar-refractivity contribution in [3.05, 3.63) is 112 Å². The van der Waals surface area contributed by atoms with E-state index in [2.05, 4.69) is 62.2 Å². The second-order valence-corrected chi connectivity index (χ2v) is 15.6. The second kappa shape index (κ2) is 13.9. The Morgan fingerprint density at radius 1 is 0.800 bits per heavy atom. The summed E-state index contributed by atoms with van der Waals surface area (Å²) in [5, 5.41) is 2.95. The van der Waals surface area contributed by atoms with Gasteiger partial charge in [0.2, 0.25) is 0 Å². The Bertz CT molecular complexity index is 1830. The van der Waals surface area contributed by atoms with E-state index in [1.165, 1.54) is 5.56 Å². The molecule has 0 saturated carbocycles. The number of nitrogens with zero attached hydrogens (tertiary/aromatic N) is 1. The van der Waals surface area contributed by atoms with E-state index in [4.69, 9.17) is 9.47 Å². The molecule has 1 amide bonds. The predicted octanol–water partition coefficient (Wildman–Crippen LogP) is 8.65. The van der Waals surface area contributed by atoms with Gasteiger partial charge in [-0.3, -0.25) is 14.4 Å². The van der Waals surface area contributed by atoms with Crippen LogP contribution in [0.3, 0.4) is 0 Å². The van der Waals surface area contributed by atoms with Gasteiger partial charge in [-0.2, -0.15) is 0 Å². The summed E-state index contributed by atoms with van der Waals surface area (Å²) in [6, 6.07) is 21.8. The average Bonchev–Trinajstić information content (AvgIpc) is 3.04. The summed E-state index contributed by atoms with van der Waals surface area (Å²) < 4.78 is 12.1. The molecule has 0 radical (unpaired) electrons. The lowest BCUT2D eigenvalue weighted by atomic mass is 9.63. The van der Waals surface area contributed by atoms with Crippen LogP contribution in [0.2, 0.25) is 0 Å². The smallest absolute Gasteiger partial charge is 0.262 e. The van der Waals surface area contributed by atoms with Crippen LogP contribution in [0.4, 0.5) is 5.69 Å². The van der Waals surface area contributed by atoms with E-state index in [0.717, 1.165) is 64.2 Å². The third-order valence-electron chi connectivity index (χ3n) is 10.3. The van der Waals surface area contributed by atoms with Gasteiger partial charge in [-0.05, 0) is 91.3 Å². The maximum Gasteiger partial charge on any atom is 0.262 e. The lowest BCUT2D eigenvalue weighted by molar-refractivity contribution is -0.120. The molecule has 0 saturated heterocycles. The fourth-order valence-electron chi connectivity index (χ4n) is 7.84. The minimum absolute atomic E-state index is 0.0940. The van der Waals surface area contributed by atoms with Gasteiger partial charge < -0.3 is 19.7 Å². The predicted molar refractivity (Wildman–Crippen MR) is 197 cm³/mol. The highest BCUT2D eigenvalue weighted by Crippen LogP contribution is 2.55. The Morgan fingerprint density at radius 3 is 2.06 bits per heavy atom. The molecule has 0 unspecified atom stereocenters. The maximum absolute atomic E-state index is 14.3. The average molecular weight is 675 g/mol. The zero-order chi connectivity index (χ0) is 35.8. The SMILES string of the molecule is CCOc1cc(C2C3=C(CC(C)(C)CC3=O)N(CCc3ccccc3)C3=C2C(=O)CC(C)(C)C3)ccc1OCC(=O)Nc1cccc(C)c1C. The maximum atomic E-state index is 14.3. The first-order valence-corrected chi connectivity index (χ1v) is 17.9. The lowest BCUT2D eigenvalue weighted by Crippen LogP contribution is -2.45. The Labute approximate surface area is 296 Å². The van der Waals surface area contributed by atoms with Crippen LogP contribution in [0, 0.1) is 24.7 Å². The summed E-state index contributed by atoms with van der Waals surface area (Å²) in [6.45, 7) is 15.4. The van der Waals surface area contributed by atoms with Crippen molar-refractivity contribution in [3.63, 3.8) is 0 Å². The zero-order valence-electron chi connectivity index (χ0n) is 30.6. The number of ether oxygens (including phenoxy) is 2. The molecule has 1 aliphatic heterocycles. The molecule has 7 nitrogen and oxygen atoms in total. The number of carbonyl (C=O) groups excluding carboxylic acids is 3. The first-order valence-electron chi connectivity index (χ1n) is 17.9. The van der Waals surface area contributed by atoms with Gasteiger partial charge in [0.15, 0.2) is 29.7 Å². The Hall–Kier alpha value is -4.65. The summed E-state index contributed by atoms with van der Waals surface area (Å²) in [6.07, 6.45) is 3.15. The van der Waals surface area contributed by atoms with Crippen LogP contribution in [-0.4, -0.2) is 42.1 Å². The number of aryl methyl sites for hydroxylation is 1. The molecule has 0 fully saturated rings. The van der Waals surface area contributed by atoms with Crippen molar-refractivity contribution in [2.45, 2.75) is 86.5 Å². The number of ketones is 2. The first-order chi connectivity index (χ1) is 23.8. The second-order valence-electron chi connectivity index (χ2n) is 15.6. The zero-order valence-corrected chi connectivity index (χ0v) is 30.6. The van der Waals surface area contributed by atoms with Crippen molar-refractivity contribution in [1.29, 1.82) is 0 Å². The van der Waals surface area contributed by atoms with Crippen LogP contribution in [0.25, 0.3) is 0 Å². The molecule has 0 spiro atoms. The van der Waals surface area contributed by atoms with E-state index >= 15 is 0 Å². The number of nitrogens with one attached hydrogen (secondary N) is 1. The fourth-order valence-corrected chi connectivity index (χ4v) is 7.84. The molecule has 3 aromatic rings. The van der Waals surface area contributed by atoms with Gasteiger partial charge in [0, 0.05) is 53.5 Å². The highest BCUT2D eigenvalue weighted by atomic mass is 16.5. The molecule has 1 heterocycles. The molecule has 7 heteroatoms. The summed E-state index contributed by atoms with van der Waals surface area (Å²) in [5.41, 5.74) is 8.03. The van der Waals surface area contributed by atoms with Gasteiger partial charge in [-0.25, -0.2) is 0 Å². The number of hydrogen-bond donors (Lipinski definition) is 1. The van der Waals surface area contributed by atoms with E-state index < -0.39 is 5.92 Å². The van der Waals surface area contributed by atoms with Crippen molar-refractivity contribution in [3.8, 4) is 11.5 Å². The highest BCUT2D eigenvalue weighted by molar-refractivity contribution is 6.07. The van der Waals surface area contributed by atoms with Gasteiger partial charge in [-0.1, -0.05) is 76.2 Å². The van der Waals surface area contributed by atoms with Crippen LogP contribution in [0.15, 0.2) is 89.3 Å². The van der Waals surface area contributed by atoms with E-state index in [9.17, 15) is 14.4 Å². The quantitative estimate of drug-likeness (QED) is 0.232. The standard InChI is InChI=1S/C43H50N2O5/c1-8-49-37-21-30(17-18-36(37)50-26-38(48)44-31-16-12-13-27(2)28(31)3)39-40-32(22-42(4,5)24-34(40)46)45(20-19-29-14-10-9-11-15-29)33-23-43(6,7)25-35(47)41(33)39/h9-18,21,39H,8,19-20,22-26H2,1-7H3,(H,44,48). The van der Waals surface area contributed by atoms with Crippen LogP contribution in [0.5, 0.6) is 11.5 Å². The Kier molecular flexibility index (Phi) is 9.80. The number of allylic oxidation sites excluding steroid dienone is 4. The number of carbonyl (C=O) groups is 3. The van der Waals surface area contributed by atoms with Crippen molar-refractivity contribution in [2.75, 3.05) is 25.1 Å². The third-order valence-corrected chi connectivity index (χ3v) is 10.3. The summed E-state index contributed by atoms with van der Waals surface area (Å²) in [5.74, 6) is 0.327. The molecule has 50 heavy (non-hydrogen) atoms. The minimum Gasteiger partial charge on any atom is -0.490 e. The molecule has 6 rings (SSSR count). The molecule has 1 N–H and O–H groups in total. The minimum atomic E-state index is -0.499. The van der Waals surface area contributed by atoms with E-state index in [0.29, 0.717) is 37.5 Å². The van der Waals surface area contributed by atoms with Crippen LogP contribution in [-0.2, 0) is 20.8 Å². The monoisotopic (exact) mass is 674 g/mol. The molecular formula is C43H50N2O5. The van der Waals surface area contributed by atoms with Crippen molar-refractivity contribution in [1.82, 2.24) is 4.90 Å². The number of rotatable bonds is 10. The van der Waals surface area contributed by atoms with Gasteiger partial charge in [-0.15, -0.1) is 0 Å². The largest absolute Gasteiger partial charge is 0.490 e. The van der Waals surface area contributed by atoms with Crippen molar-refractivity contribution >= 4 is 23.2 Å². The molecular weight excluding hydrogens is 624 g/mol. The highest BCUT2D eigenvalue weighted by Gasteiger charge is 2.49. The fraction of sp³-hybridized carbons (Fsp3) is 0.419. The number of benzene rings is 3. The lowest BCUT2D eigenvalue weighted by Gasteiger charge is -2.49. The van der Waals surface area contributed by atoms with Crippen molar-refractivity contribution < 1.29 is 23.9 Å². The summed E-state index contributed by atoms with van der Waals surface area (Å²) >= 11 is 0. The normalized spacial score (nSPS) is 18.5. The summed E-state index contributed by atoms with van der Waals surface area (Å²) in [4.78, 5) is 43.8. The molecule has 0 bridgehead atoms. The molecule has 0 aromatic heterocycles. The van der Waals surface area contributed by atoms with Crippen molar-refractivity contribution in [2.24, 2.45) is 10.8 Å². The first kappa shape index (κ1) is 35.2. The molecule has 2 aliphatic carbocycles. The Balaban J connectivity index is 1.38. The third kappa shape index (κ3) is 7.28. The molecule has 3 aromatic carbocycles. The Morgan fingerprint density at radius 2 is 1.44 bits per heavy atom. The van der Waals surface area contributed by atoms with Crippen LogP contribution >= 0.6 is 0 Å². The summed E-state index contributed by atoms with van der Waals surface area (Å²) in [7, 11) is 0. The van der Waals surface area contributed by atoms with Gasteiger partial charge in [0.1, 0.15) is 0 Å². The number of Topliss-reactive ketones (excluding diaryl/α,β-unsaturated/α-hetero) is 2. The topological polar surface area (TPSA) is 84.9 Å². The van der Waals surface area contributed by atoms with E-state index in [-0.39, 0.29) is 34.9 Å². The van der Waals surface area contributed by atoms with Crippen LogP contribution < -0.4 is 14.8 Å². The van der Waals surface area contributed by atoms with Gasteiger partial charge in [0.05, 0.1) is 6.61 Å². The number of amides is 1. The van der Waals surface area contributed by atoms with Gasteiger partial charge >= 0.3 is 0 Å². The van der Waals surface area contributed by atoms with Crippen LogP contribution in [0.1, 0.15) is 88.5 Å². The van der Waals surface area contributed by atoms with Gasteiger partial charge in [0.25, 0.3) is 5.91 Å². The van der Waals surface area contributed by atoms with E-state index in [1.54, 1.807) is 0 Å². The molecule has 3 aliphatic rings. The molecule has 0 atom stereocenters.